The number of aromatic hydroxyl groups is 1. The minimum Gasteiger partial charge on any atom is -0.506 e. The number of ketones is 1. The first-order valence-electron chi connectivity index (χ1n) is 10.1. The Kier molecular flexibility index (Phi) is 5.33. The first-order valence-corrected chi connectivity index (χ1v) is 10.1. The summed E-state index contributed by atoms with van der Waals surface area (Å²) in [6.45, 7) is 5.02. The first-order chi connectivity index (χ1) is 14.6. The highest BCUT2D eigenvalue weighted by atomic mass is 16.7. The van der Waals surface area contributed by atoms with Gasteiger partial charge in [-0.05, 0) is 45.7 Å². The molecule has 2 heterocycles. The highest BCUT2D eigenvalue weighted by Crippen LogP contribution is 2.39. The molecule has 2 aromatic rings. The van der Waals surface area contributed by atoms with Crippen molar-refractivity contribution in [1.82, 2.24) is 0 Å². The standard InChI is InChI=1S/C22H26O9/c1-9-12(29-21-17(26)16(25)19(28-4)22(2,3)31-21)8-7-11-15(24)13(14(23)10-5-6-10)20(27)30-18(9)11/h7-8,10,16-17,19,21,24-26H,5-6H2,1-4H3/t16-,17-,19-,21-/m1/s1. The second-order valence-corrected chi connectivity index (χ2v) is 8.66. The van der Waals surface area contributed by atoms with Crippen molar-refractivity contribution >= 4 is 16.8 Å². The molecule has 1 aliphatic heterocycles. The molecule has 9 heteroatoms. The molecule has 1 aliphatic carbocycles. The van der Waals surface area contributed by atoms with Crippen molar-refractivity contribution in [2.45, 2.75) is 63.8 Å². The van der Waals surface area contributed by atoms with Crippen molar-refractivity contribution in [1.29, 1.82) is 0 Å². The van der Waals surface area contributed by atoms with Crippen molar-refractivity contribution in [3.8, 4) is 11.5 Å². The fraction of sp³-hybridized carbons (Fsp3) is 0.545. The number of ether oxygens (including phenoxy) is 3. The second-order valence-electron chi connectivity index (χ2n) is 8.66. The van der Waals surface area contributed by atoms with Crippen molar-refractivity contribution in [3.05, 3.63) is 33.7 Å². The highest BCUT2D eigenvalue weighted by molar-refractivity contribution is 6.05. The molecule has 0 amide bonds. The Balaban J connectivity index is 1.69. The molecule has 0 bridgehead atoms. The van der Waals surface area contributed by atoms with Crippen molar-refractivity contribution in [3.63, 3.8) is 0 Å². The van der Waals surface area contributed by atoms with Crippen molar-refractivity contribution in [2.75, 3.05) is 7.11 Å². The van der Waals surface area contributed by atoms with E-state index in [9.17, 15) is 24.9 Å². The SMILES string of the molecule is CO[C@@H]1[C@H](O)[C@@H](O)[C@H](Oc2ccc3c(O)c(C(=O)C4CC4)c(=O)oc3c2C)OC1(C)C. The van der Waals surface area contributed by atoms with Crippen molar-refractivity contribution < 1.29 is 38.7 Å². The van der Waals surface area contributed by atoms with Crippen molar-refractivity contribution in [2.24, 2.45) is 5.92 Å². The van der Waals surface area contributed by atoms with E-state index in [4.69, 9.17) is 18.6 Å². The highest BCUT2D eigenvalue weighted by Gasteiger charge is 2.50. The Morgan fingerprint density at radius 1 is 1.19 bits per heavy atom. The van der Waals surface area contributed by atoms with Gasteiger partial charge in [-0.3, -0.25) is 4.79 Å². The molecule has 0 unspecified atom stereocenters. The number of carbonyl (C=O) groups is 1. The van der Waals surface area contributed by atoms with Gasteiger partial charge in [0.25, 0.3) is 0 Å². The van der Waals surface area contributed by atoms with Crippen LogP contribution in [0.25, 0.3) is 11.0 Å². The number of benzene rings is 1. The van der Waals surface area contributed by atoms with Gasteiger partial charge in [-0.25, -0.2) is 4.79 Å². The lowest BCUT2D eigenvalue weighted by Gasteiger charge is -2.46. The van der Waals surface area contributed by atoms with Gasteiger partial charge in [-0.15, -0.1) is 0 Å². The zero-order valence-electron chi connectivity index (χ0n) is 17.7. The molecule has 9 nitrogen and oxygen atoms in total. The van der Waals surface area contributed by atoms with Crippen LogP contribution in [0.1, 0.15) is 42.6 Å². The Bertz CT molecular complexity index is 1080. The van der Waals surface area contributed by atoms with E-state index in [1.165, 1.54) is 19.2 Å². The predicted octanol–water partition coefficient (Wildman–Crippen LogP) is 1.65. The number of hydrogen-bond acceptors (Lipinski definition) is 9. The summed E-state index contributed by atoms with van der Waals surface area (Å²) < 4.78 is 22.3. The monoisotopic (exact) mass is 434 g/mol. The van der Waals surface area contributed by atoms with Gasteiger partial charge in [-0.2, -0.15) is 0 Å². The summed E-state index contributed by atoms with van der Waals surface area (Å²) >= 11 is 0. The molecule has 4 atom stereocenters. The third kappa shape index (κ3) is 3.61. The van der Waals surface area contributed by atoms with Gasteiger partial charge >= 0.3 is 5.63 Å². The van der Waals surface area contributed by atoms with Crippen LogP contribution >= 0.6 is 0 Å². The van der Waals surface area contributed by atoms with Crippen LogP contribution in [0.15, 0.2) is 21.3 Å². The maximum atomic E-state index is 12.4. The van der Waals surface area contributed by atoms with Crippen LogP contribution in [-0.4, -0.2) is 58.4 Å². The molecule has 0 radical (unpaired) electrons. The minimum atomic E-state index is -1.40. The maximum absolute atomic E-state index is 12.4. The lowest BCUT2D eigenvalue weighted by atomic mass is 9.89. The zero-order valence-corrected chi connectivity index (χ0v) is 17.7. The summed E-state index contributed by atoms with van der Waals surface area (Å²) in [5, 5.41) is 31.6. The van der Waals surface area contributed by atoms with Gasteiger partial charge < -0.3 is 33.9 Å². The molecule has 0 spiro atoms. The molecule has 1 aromatic heterocycles. The van der Waals surface area contributed by atoms with E-state index in [0.717, 1.165) is 0 Å². The second kappa shape index (κ2) is 7.59. The van der Waals surface area contributed by atoms with E-state index in [0.29, 0.717) is 18.4 Å². The van der Waals surface area contributed by atoms with Crippen LogP contribution in [-0.2, 0) is 9.47 Å². The number of aliphatic hydroxyl groups is 2. The van der Waals surface area contributed by atoms with E-state index < -0.39 is 47.4 Å². The molecular weight excluding hydrogens is 408 g/mol. The van der Waals surface area contributed by atoms with E-state index in [1.807, 2.05) is 0 Å². The number of aryl methyl sites for hydroxylation is 1. The third-order valence-corrected chi connectivity index (χ3v) is 5.98. The Labute approximate surface area is 178 Å². The van der Waals surface area contributed by atoms with Crippen LogP contribution in [0.5, 0.6) is 11.5 Å². The van der Waals surface area contributed by atoms with Crippen LogP contribution in [0.3, 0.4) is 0 Å². The molecular formula is C22H26O9. The predicted molar refractivity (Wildman–Crippen MR) is 108 cm³/mol. The number of methoxy groups -OCH3 is 1. The molecule has 2 aliphatic rings. The Morgan fingerprint density at radius 3 is 2.48 bits per heavy atom. The van der Waals surface area contributed by atoms with E-state index >= 15 is 0 Å². The summed E-state index contributed by atoms with van der Waals surface area (Å²) in [6, 6.07) is 2.98. The van der Waals surface area contributed by atoms with Gasteiger partial charge in [0.2, 0.25) is 6.29 Å². The van der Waals surface area contributed by atoms with Gasteiger partial charge in [0, 0.05) is 18.6 Å². The molecule has 3 N–H and O–H groups in total. The molecule has 1 aromatic carbocycles. The lowest BCUT2D eigenvalue weighted by Crippen LogP contribution is -2.63. The van der Waals surface area contributed by atoms with E-state index in [1.54, 1.807) is 20.8 Å². The lowest BCUT2D eigenvalue weighted by molar-refractivity contribution is -0.306. The summed E-state index contributed by atoms with van der Waals surface area (Å²) in [5.74, 6) is -0.843. The van der Waals surface area contributed by atoms with Gasteiger partial charge in [-0.1, -0.05) is 0 Å². The summed E-state index contributed by atoms with van der Waals surface area (Å²) in [5.41, 5.74) is -1.76. The molecule has 1 saturated heterocycles. The number of Topliss-reactive ketones (excluding diaryl/α,β-unsaturated/α-hetero) is 1. The Hall–Kier alpha value is -2.46. The summed E-state index contributed by atoms with van der Waals surface area (Å²) in [4.78, 5) is 24.8. The topological polar surface area (TPSA) is 136 Å². The quantitative estimate of drug-likeness (QED) is 0.474. The summed E-state index contributed by atoms with van der Waals surface area (Å²) in [7, 11) is 1.41. The Morgan fingerprint density at radius 2 is 1.87 bits per heavy atom. The molecule has 168 valence electrons. The smallest absolute Gasteiger partial charge is 0.351 e. The number of hydrogen-bond donors (Lipinski definition) is 3. The van der Waals surface area contributed by atoms with Gasteiger partial charge in [0.15, 0.2) is 5.78 Å². The molecule has 4 rings (SSSR count). The maximum Gasteiger partial charge on any atom is 0.351 e. The number of aliphatic hydroxyl groups excluding tert-OH is 2. The van der Waals surface area contributed by atoms with Crippen LogP contribution in [0, 0.1) is 12.8 Å². The number of fused-ring (bicyclic) bond motifs is 1. The third-order valence-electron chi connectivity index (χ3n) is 5.98. The van der Waals surface area contributed by atoms with Crippen LogP contribution < -0.4 is 10.4 Å². The molecule has 1 saturated carbocycles. The van der Waals surface area contributed by atoms with E-state index in [-0.39, 0.29) is 28.2 Å². The van der Waals surface area contributed by atoms with Gasteiger partial charge in [0.1, 0.15) is 41.0 Å². The normalized spacial score (nSPS) is 27.9. The van der Waals surface area contributed by atoms with Gasteiger partial charge in [0.05, 0.1) is 11.0 Å². The summed E-state index contributed by atoms with van der Waals surface area (Å²) in [6.07, 6.45) is -3.25. The van der Waals surface area contributed by atoms with E-state index in [2.05, 4.69) is 0 Å². The van der Waals surface area contributed by atoms with Crippen LogP contribution in [0.4, 0.5) is 0 Å². The largest absolute Gasteiger partial charge is 0.506 e. The fourth-order valence-corrected chi connectivity index (χ4v) is 4.09. The average molecular weight is 434 g/mol. The first kappa shape index (κ1) is 21.8. The number of rotatable bonds is 5. The molecule has 31 heavy (non-hydrogen) atoms. The fourth-order valence-electron chi connectivity index (χ4n) is 4.09. The minimum absolute atomic E-state index is 0.0622. The van der Waals surface area contributed by atoms with Crippen LogP contribution in [0.2, 0.25) is 0 Å². The number of carbonyl (C=O) groups excluding carboxylic acids is 1. The molecule has 2 fully saturated rings. The average Bonchev–Trinajstić information content (AvgIpc) is 3.53. The zero-order chi connectivity index (χ0) is 22.7.